The summed E-state index contributed by atoms with van der Waals surface area (Å²) in [5.41, 5.74) is 6.40. The Morgan fingerprint density at radius 1 is 1.50 bits per heavy atom. The Morgan fingerprint density at radius 2 is 2.22 bits per heavy atom. The second kappa shape index (κ2) is 7.10. The zero-order valence-corrected chi connectivity index (χ0v) is 11.4. The molecule has 0 radical (unpaired) electrons. The van der Waals surface area contributed by atoms with Crippen LogP contribution in [0.2, 0.25) is 0 Å². The number of nitrogens with two attached hydrogens (primary N) is 1. The molecule has 6 heteroatoms. The Morgan fingerprint density at radius 3 is 2.78 bits per heavy atom. The van der Waals surface area contributed by atoms with E-state index in [9.17, 15) is 4.79 Å². The smallest absolute Gasteiger partial charge is 0.244 e. The number of hydrogen-bond donors (Lipinski definition) is 2. The molecule has 1 amide bonds. The molecule has 1 rings (SSSR count). The van der Waals surface area contributed by atoms with E-state index in [1.54, 1.807) is 17.8 Å². The van der Waals surface area contributed by atoms with Gasteiger partial charge in [-0.05, 0) is 20.3 Å². The van der Waals surface area contributed by atoms with Crippen molar-refractivity contribution in [1.82, 2.24) is 20.3 Å². The van der Waals surface area contributed by atoms with Crippen LogP contribution in [0.5, 0.6) is 0 Å². The lowest BCUT2D eigenvalue weighted by atomic mass is 10.2. The third kappa shape index (κ3) is 4.10. The first-order valence-electron chi connectivity index (χ1n) is 6.51. The molecule has 2 atom stereocenters. The molecule has 0 saturated carbocycles. The van der Waals surface area contributed by atoms with Crippen molar-refractivity contribution in [3.05, 3.63) is 11.9 Å². The fraction of sp³-hybridized carbons (Fsp3) is 0.750. The first-order chi connectivity index (χ1) is 8.56. The molecule has 102 valence electrons. The first kappa shape index (κ1) is 14.6. The van der Waals surface area contributed by atoms with Crippen LogP contribution in [-0.4, -0.2) is 27.4 Å². The molecule has 1 heterocycles. The first-order valence-corrected chi connectivity index (χ1v) is 6.51. The Labute approximate surface area is 108 Å². The van der Waals surface area contributed by atoms with Crippen LogP contribution in [-0.2, 0) is 4.79 Å². The summed E-state index contributed by atoms with van der Waals surface area (Å²) in [4.78, 5) is 11.9. The molecule has 0 aromatic carbocycles. The summed E-state index contributed by atoms with van der Waals surface area (Å²) in [6.45, 7) is 6.49. The highest BCUT2D eigenvalue weighted by Crippen LogP contribution is 2.09. The average Bonchev–Trinajstić information content (AvgIpc) is 2.83. The summed E-state index contributed by atoms with van der Waals surface area (Å²) in [6, 6.07) is -0.523. The van der Waals surface area contributed by atoms with Crippen molar-refractivity contribution >= 4 is 5.91 Å². The Kier molecular flexibility index (Phi) is 5.77. The molecule has 18 heavy (non-hydrogen) atoms. The van der Waals surface area contributed by atoms with E-state index in [-0.39, 0.29) is 18.0 Å². The van der Waals surface area contributed by atoms with Gasteiger partial charge in [0.25, 0.3) is 0 Å². The summed E-state index contributed by atoms with van der Waals surface area (Å²) in [7, 11) is 0. The zero-order chi connectivity index (χ0) is 13.5. The van der Waals surface area contributed by atoms with Gasteiger partial charge in [-0.25, -0.2) is 4.68 Å². The predicted octanol–water partition coefficient (Wildman–Crippen LogP) is 1.17. The van der Waals surface area contributed by atoms with Gasteiger partial charge < -0.3 is 11.1 Å². The number of rotatable bonds is 7. The van der Waals surface area contributed by atoms with Crippen molar-refractivity contribution < 1.29 is 4.79 Å². The van der Waals surface area contributed by atoms with Crippen LogP contribution in [0, 0.1) is 0 Å². The van der Waals surface area contributed by atoms with Crippen LogP contribution >= 0.6 is 0 Å². The third-order valence-electron chi connectivity index (χ3n) is 2.85. The number of hydrogen-bond acceptors (Lipinski definition) is 4. The van der Waals surface area contributed by atoms with E-state index in [2.05, 4.69) is 22.6 Å². The average molecular weight is 253 g/mol. The van der Waals surface area contributed by atoms with Crippen molar-refractivity contribution in [2.75, 3.05) is 6.54 Å². The molecular formula is C12H23N5O. The second-order valence-corrected chi connectivity index (χ2v) is 4.59. The fourth-order valence-corrected chi connectivity index (χ4v) is 1.54. The van der Waals surface area contributed by atoms with Crippen LogP contribution in [0.1, 0.15) is 57.8 Å². The molecule has 0 spiro atoms. The molecule has 0 fully saturated rings. The highest BCUT2D eigenvalue weighted by molar-refractivity contribution is 5.79. The number of nitrogens with one attached hydrogen (secondary N) is 1. The Balaban J connectivity index is 2.46. The van der Waals surface area contributed by atoms with Gasteiger partial charge in [0.15, 0.2) is 0 Å². The lowest BCUT2D eigenvalue weighted by molar-refractivity contribution is -0.124. The maximum Gasteiger partial charge on any atom is 0.244 e. The quantitative estimate of drug-likeness (QED) is 0.714. The van der Waals surface area contributed by atoms with E-state index in [0.29, 0.717) is 12.2 Å². The van der Waals surface area contributed by atoms with E-state index in [0.717, 1.165) is 19.3 Å². The van der Waals surface area contributed by atoms with Crippen LogP contribution < -0.4 is 11.1 Å². The number of carbonyl (C=O) groups excluding carboxylic acids is 1. The third-order valence-corrected chi connectivity index (χ3v) is 2.85. The lowest BCUT2D eigenvalue weighted by Crippen LogP contribution is -2.32. The van der Waals surface area contributed by atoms with E-state index in [4.69, 9.17) is 5.73 Å². The maximum absolute atomic E-state index is 11.9. The SMILES string of the molecule is CCCCCNC(=O)C(C)n1cc(C(C)N)nn1. The van der Waals surface area contributed by atoms with Gasteiger partial charge in [-0.1, -0.05) is 25.0 Å². The molecule has 2 unspecified atom stereocenters. The van der Waals surface area contributed by atoms with Gasteiger partial charge in [-0.15, -0.1) is 5.10 Å². The van der Waals surface area contributed by atoms with Crippen LogP contribution in [0.4, 0.5) is 0 Å². The molecule has 0 aliphatic carbocycles. The van der Waals surface area contributed by atoms with Crippen LogP contribution in [0.25, 0.3) is 0 Å². The second-order valence-electron chi connectivity index (χ2n) is 4.59. The summed E-state index contributed by atoms with van der Waals surface area (Å²) in [6.07, 6.45) is 5.01. The molecule has 0 bridgehead atoms. The van der Waals surface area contributed by atoms with Gasteiger partial charge in [-0.3, -0.25) is 4.79 Å². The standard InChI is InChI=1S/C12H23N5O/c1-4-5-6-7-14-12(18)10(3)17-8-11(9(2)13)15-16-17/h8-10H,4-7,13H2,1-3H3,(H,14,18). The van der Waals surface area contributed by atoms with Crippen LogP contribution in [0.3, 0.4) is 0 Å². The number of aromatic nitrogens is 3. The number of nitrogens with zero attached hydrogens (tertiary/aromatic N) is 3. The van der Waals surface area contributed by atoms with E-state index in [1.807, 2.05) is 6.92 Å². The minimum atomic E-state index is -0.355. The molecule has 0 aliphatic rings. The van der Waals surface area contributed by atoms with Gasteiger partial charge in [0, 0.05) is 12.6 Å². The van der Waals surface area contributed by atoms with E-state index >= 15 is 0 Å². The monoisotopic (exact) mass is 253 g/mol. The molecule has 6 nitrogen and oxygen atoms in total. The largest absolute Gasteiger partial charge is 0.354 e. The highest BCUT2D eigenvalue weighted by Gasteiger charge is 2.16. The summed E-state index contributed by atoms with van der Waals surface area (Å²) < 4.78 is 1.55. The number of amides is 1. The van der Waals surface area contributed by atoms with Crippen molar-refractivity contribution in [3.63, 3.8) is 0 Å². The zero-order valence-electron chi connectivity index (χ0n) is 11.4. The molecular weight excluding hydrogens is 230 g/mol. The van der Waals surface area contributed by atoms with Gasteiger partial charge in [-0.2, -0.15) is 0 Å². The molecule has 1 aromatic heterocycles. The van der Waals surface area contributed by atoms with E-state index < -0.39 is 0 Å². The Bertz CT molecular complexity index is 374. The normalized spacial score (nSPS) is 14.2. The Hall–Kier alpha value is -1.43. The maximum atomic E-state index is 11.9. The summed E-state index contributed by atoms with van der Waals surface area (Å²) in [5, 5.41) is 10.8. The highest BCUT2D eigenvalue weighted by atomic mass is 16.2. The topological polar surface area (TPSA) is 85.8 Å². The fourth-order valence-electron chi connectivity index (χ4n) is 1.54. The van der Waals surface area contributed by atoms with Crippen molar-refractivity contribution in [2.45, 2.75) is 52.1 Å². The number of carbonyl (C=O) groups is 1. The lowest BCUT2D eigenvalue weighted by Gasteiger charge is -2.11. The minimum Gasteiger partial charge on any atom is -0.354 e. The van der Waals surface area contributed by atoms with Gasteiger partial charge in [0.1, 0.15) is 6.04 Å². The van der Waals surface area contributed by atoms with Gasteiger partial charge in [0.05, 0.1) is 11.9 Å². The van der Waals surface area contributed by atoms with Crippen molar-refractivity contribution in [3.8, 4) is 0 Å². The van der Waals surface area contributed by atoms with Crippen LogP contribution in [0.15, 0.2) is 6.20 Å². The van der Waals surface area contributed by atoms with Gasteiger partial charge >= 0.3 is 0 Å². The minimum absolute atomic E-state index is 0.0350. The summed E-state index contributed by atoms with van der Waals surface area (Å²) in [5.74, 6) is -0.0350. The molecule has 3 N–H and O–H groups in total. The summed E-state index contributed by atoms with van der Waals surface area (Å²) >= 11 is 0. The van der Waals surface area contributed by atoms with Gasteiger partial charge in [0.2, 0.25) is 5.91 Å². The predicted molar refractivity (Wildman–Crippen MR) is 69.9 cm³/mol. The molecule has 1 aromatic rings. The van der Waals surface area contributed by atoms with Crippen molar-refractivity contribution in [1.29, 1.82) is 0 Å². The molecule has 0 saturated heterocycles. The molecule has 0 aliphatic heterocycles. The number of unbranched alkanes of at least 4 members (excludes halogenated alkanes) is 2. The van der Waals surface area contributed by atoms with E-state index in [1.165, 1.54) is 0 Å². The van der Waals surface area contributed by atoms with Crippen molar-refractivity contribution in [2.24, 2.45) is 5.73 Å².